The Morgan fingerprint density at radius 3 is 2.44 bits per heavy atom. The van der Waals surface area contributed by atoms with Crippen molar-refractivity contribution < 1.29 is 14.6 Å². The molecular formula is C13H18O3. The van der Waals surface area contributed by atoms with Gasteiger partial charge in [-0.3, -0.25) is 0 Å². The van der Waals surface area contributed by atoms with Crippen LogP contribution in [0.25, 0.3) is 0 Å². The SMILES string of the molecule is Cc1ccc(C(C)C)c(OC(C)C(=O)O)c1. The lowest BCUT2D eigenvalue weighted by Crippen LogP contribution is -2.23. The summed E-state index contributed by atoms with van der Waals surface area (Å²) in [7, 11) is 0. The van der Waals surface area contributed by atoms with Crippen LogP contribution >= 0.6 is 0 Å². The van der Waals surface area contributed by atoms with Gasteiger partial charge in [-0.2, -0.15) is 0 Å². The molecule has 0 aliphatic carbocycles. The molecule has 1 aromatic carbocycles. The van der Waals surface area contributed by atoms with Crippen LogP contribution in [0.1, 0.15) is 37.8 Å². The van der Waals surface area contributed by atoms with Gasteiger partial charge in [0.1, 0.15) is 5.75 Å². The van der Waals surface area contributed by atoms with Gasteiger partial charge in [0.2, 0.25) is 0 Å². The summed E-state index contributed by atoms with van der Waals surface area (Å²) in [6.45, 7) is 7.61. The Balaban J connectivity index is 3.01. The zero-order chi connectivity index (χ0) is 12.3. The van der Waals surface area contributed by atoms with E-state index in [4.69, 9.17) is 9.84 Å². The fourth-order valence-electron chi connectivity index (χ4n) is 1.46. The predicted octanol–water partition coefficient (Wildman–Crippen LogP) is 2.97. The van der Waals surface area contributed by atoms with Crippen LogP contribution < -0.4 is 4.74 Å². The van der Waals surface area contributed by atoms with E-state index in [2.05, 4.69) is 13.8 Å². The first-order valence-corrected chi connectivity index (χ1v) is 5.41. The highest BCUT2D eigenvalue weighted by atomic mass is 16.5. The second kappa shape index (κ2) is 5.01. The number of carbonyl (C=O) groups is 1. The number of rotatable bonds is 4. The van der Waals surface area contributed by atoms with Crippen LogP contribution in [0.5, 0.6) is 5.75 Å². The topological polar surface area (TPSA) is 46.5 Å². The third-order valence-electron chi connectivity index (χ3n) is 2.44. The molecule has 0 aliphatic rings. The number of carboxylic acids is 1. The van der Waals surface area contributed by atoms with Crippen LogP contribution in [-0.4, -0.2) is 17.2 Å². The molecule has 0 saturated heterocycles. The third-order valence-corrected chi connectivity index (χ3v) is 2.44. The Kier molecular flexibility index (Phi) is 3.93. The van der Waals surface area contributed by atoms with Crippen LogP contribution in [0.4, 0.5) is 0 Å². The van der Waals surface area contributed by atoms with Gasteiger partial charge in [-0.15, -0.1) is 0 Å². The molecule has 1 rings (SSSR count). The second-order valence-electron chi connectivity index (χ2n) is 4.29. The lowest BCUT2D eigenvalue weighted by Gasteiger charge is -2.17. The second-order valence-corrected chi connectivity index (χ2v) is 4.29. The fraction of sp³-hybridized carbons (Fsp3) is 0.462. The minimum Gasteiger partial charge on any atom is -0.479 e. The number of hydrogen-bond acceptors (Lipinski definition) is 2. The van der Waals surface area contributed by atoms with E-state index >= 15 is 0 Å². The smallest absolute Gasteiger partial charge is 0.344 e. The molecule has 0 saturated carbocycles. The zero-order valence-electron chi connectivity index (χ0n) is 10.2. The number of aliphatic carboxylic acids is 1. The molecule has 1 unspecified atom stereocenters. The molecule has 0 bridgehead atoms. The first-order chi connectivity index (χ1) is 7.41. The van der Waals surface area contributed by atoms with Crippen molar-refractivity contribution in [3.8, 4) is 5.75 Å². The zero-order valence-corrected chi connectivity index (χ0v) is 10.2. The fourth-order valence-corrected chi connectivity index (χ4v) is 1.46. The monoisotopic (exact) mass is 222 g/mol. The van der Waals surface area contributed by atoms with Gasteiger partial charge < -0.3 is 9.84 Å². The molecule has 0 aromatic heterocycles. The van der Waals surface area contributed by atoms with Crippen LogP contribution in [-0.2, 0) is 4.79 Å². The standard InChI is InChI=1S/C13H18O3/c1-8(2)11-6-5-9(3)7-12(11)16-10(4)13(14)15/h5-8,10H,1-4H3,(H,14,15). The minimum absolute atomic E-state index is 0.316. The molecule has 0 aliphatic heterocycles. The molecular weight excluding hydrogens is 204 g/mol. The van der Waals surface area contributed by atoms with Gasteiger partial charge in [0, 0.05) is 0 Å². The number of aryl methyl sites for hydroxylation is 1. The molecule has 0 spiro atoms. The number of benzene rings is 1. The normalized spacial score (nSPS) is 12.6. The average molecular weight is 222 g/mol. The van der Waals surface area contributed by atoms with Crippen LogP contribution in [0.3, 0.4) is 0 Å². The molecule has 3 nitrogen and oxygen atoms in total. The van der Waals surface area contributed by atoms with Crippen molar-refractivity contribution in [3.05, 3.63) is 29.3 Å². The Labute approximate surface area is 96.1 Å². The number of carboxylic acid groups (broad SMARTS) is 1. The lowest BCUT2D eigenvalue weighted by molar-refractivity contribution is -0.144. The Hall–Kier alpha value is -1.51. The van der Waals surface area contributed by atoms with E-state index < -0.39 is 12.1 Å². The summed E-state index contributed by atoms with van der Waals surface area (Å²) < 4.78 is 5.45. The van der Waals surface area contributed by atoms with Gasteiger partial charge in [0.15, 0.2) is 6.10 Å². The largest absolute Gasteiger partial charge is 0.479 e. The van der Waals surface area contributed by atoms with Gasteiger partial charge in [-0.1, -0.05) is 26.0 Å². The van der Waals surface area contributed by atoms with Crippen molar-refractivity contribution in [1.82, 2.24) is 0 Å². The van der Waals surface area contributed by atoms with Gasteiger partial charge in [0.25, 0.3) is 0 Å². The molecule has 0 radical (unpaired) electrons. The molecule has 0 heterocycles. The maximum atomic E-state index is 10.7. The van der Waals surface area contributed by atoms with Crippen molar-refractivity contribution in [2.75, 3.05) is 0 Å². The average Bonchev–Trinajstić information content (AvgIpc) is 2.16. The van der Waals surface area contributed by atoms with E-state index in [0.717, 1.165) is 11.1 Å². The molecule has 88 valence electrons. The first kappa shape index (κ1) is 12.6. The lowest BCUT2D eigenvalue weighted by atomic mass is 10.0. The molecule has 0 fully saturated rings. The Morgan fingerprint density at radius 2 is 1.94 bits per heavy atom. The van der Waals surface area contributed by atoms with E-state index in [9.17, 15) is 4.79 Å². The van der Waals surface area contributed by atoms with Crippen LogP contribution in [0, 0.1) is 6.92 Å². The van der Waals surface area contributed by atoms with E-state index in [0.29, 0.717) is 11.7 Å². The minimum atomic E-state index is -0.948. The summed E-state index contributed by atoms with van der Waals surface area (Å²) in [6.07, 6.45) is -0.820. The summed E-state index contributed by atoms with van der Waals surface area (Å²) in [5.41, 5.74) is 2.11. The van der Waals surface area contributed by atoms with Crippen LogP contribution in [0.15, 0.2) is 18.2 Å². The van der Waals surface area contributed by atoms with Crippen molar-refractivity contribution in [2.24, 2.45) is 0 Å². The predicted molar refractivity (Wildman–Crippen MR) is 63.0 cm³/mol. The maximum absolute atomic E-state index is 10.7. The third kappa shape index (κ3) is 2.99. The highest BCUT2D eigenvalue weighted by molar-refractivity contribution is 5.72. The molecule has 1 atom stereocenters. The maximum Gasteiger partial charge on any atom is 0.344 e. The number of hydrogen-bond donors (Lipinski definition) is 1. The van der Waals surface area contributed by atoms with Gasteiger partial charge in [-0.05, 0) is 37.0 Å². The van der Waals surface area contributed by atoms with Crippen molar-refractivity contribution >= 4 is 5.97 Å². The van der Waals surface area contributed by atoms with Gasteiger partial charge in [-0.25, -0.2) is 4.79 Å². The summed E-state index contributed by atoms with van der Waals surface area (Å²) in [5, 5.41) is 8.82. The summed E-state index contributed by atoms with van der Waals surface area (Å²) in [6, 6.07) is 5.88. The quantitative estimate of drug-likeness (QED) is 0.851. The van der Waals surface area contributed by atoms with Crippen molar-refractivity contribution in [1.29, 1.82) is 0 Å². The van der Waals surface area contributed by atoms with Crippen molar-refractivity contribution in [2.45, 2.75) is 39.7 Å². The molecule has 3 heteroatoms. The van der Waals surface area contributed by atoms with Gasteiger partial charge in [0.05, 0.1) is 0 Å². The first-order valence-electron chi connectivity index (χ1n) is 5.41. The van der Waals surface area contributed by atoms with Crippen LogP contribution in [0.2, 0.25) is 0 Å². The molecule has 1 aromatic rings. The summed E-state index contributed by atoms with van der Waals surface area (Å²) in [5.74, 6) is 0.0395. The Bertz CT molecular complexity index is 383. The van der Waals surface area contributed by atoms with Crippen molar-refractivity contribution in [3.63, 3.8) is 0 Å². The van der Waals surface area contributed by atoms with Gasteiger partial charge >= 0.3 is 5.97 Å². The van der Waals surface area contributed by atoms with E-state index in [1.54, 1.807) is 0 Å². The van der Waals surface area contributed by atoms with E-state index in [-0.39, 0.29) is 0 Å². The molecule has 1 N–H and O–H groups in total. The Morgan fingerprint density at radius 1 is 1.31 bits per heavy atom. The highest BCUT2D eigenvalue weighted by Gasteiger charge is 2.16. The van der Waals surface area contributed by atoms with E-state index in [1.165, 1.54) is 6.92 Å². The molecule has 16 heavy (non-hydrogen) atoms. The summed E-state index contributed by atoms with van der Waals surface area (Å²) >= 11 is 0. The number of ether oxygens (including phenoxy) is 1. The highest BCUT2D eigenvalue weighted by Crippen LogP contribution is 2.28. The summed E-state index contributed by atoms with van der Waals surface area (Å²) in [4.78, 5) is 10.7. The molecule has 0 amide bonds. The van der Waals surface area contributed by atoms with E-state index in [1.807, 2.05) is 25.1 Å².